The zero-order valence-corrected chi connectivity index (χ0v) is 13.0. The summed E-state index contributed by atoms with van der Waals surface area (Å²) in [4.78, 5) is 14.3. The van der Waals surface area contributed by atoms with E-state index < -0.39 is 0 Å². The topological polar surface area (TPSA) is 64.5 Å². The van der Waals surface area contributed by atoms with E-state index in [2.05, 4.69) is 22.3 Å². The van der Waals surface area contributed by atoms with Gasteiger partial charge in [-0.25, -0.2) is 0 Å². The van der Waals surface area contributed by atoms with E-state index in [0.717, 1.165) is 12.0 Å². The van der Waals surface area contributed by atoms with E-state index in [4.69, 9.17) is 9.47 Å². The van der Waals surface area contributed by atoms with Crippen LogP contribution >= 0.6 is 0 Å². The molecule has 120 valence electrons. The Kier molecular flexibility index (Phi) is 4.83. The van der Waals surface area contributed by atoms with Gasteiger partial charge in [0.15, 0.2) is 5.69 Å². The average Bonchev–Trinajstić information content (AvgIpc) is 2.88. The highest BCUT2D eigenvalue weighted by Crippen LogP contribution is 2.24. The van der Waals surface area contributed by atoms with Crippen molar-refractivity contribution in [2.24, 2.45) is 0 Å². The number of hydrogen-bond donors (Lipinski definition) is 0. The fourth-order valence-corrected chi connectivity index (χ4v) is 2.61. The number of ether oxygens (including phenoxy) is 2. The summed E-state index contributed by atoms with van der Waals surface area (Å²) >= 11 is 0. The molecule has 1 amide bonds. The van der Waals surface area contributed by atoms with Gasteiger partial charge in [-0.05, 0) is 18.1 Å². The number of methoxy groups -OCH3 is 1. The van der Waals surface area contributed by atoms with Crippen LogP contribution in [0.5, 0.6) is 5.88 Å². The number of amides is 1. The van der Waals surface area contributed by atoms with E-state index in [0.29, 0.717) is 31.3 Å². The maximum atomic E-state index is 12.5. The van der Waals surface area contributed by atoms with Gasteiger partial charge < -0.3 is 14.4 Å². The molecule has 23 heavy (non-hydrogen) atoms. The Morgan fingerprint density at radius 1 is 1.17 bits per heavy atom. The molecule has 6 heteroatoms. The summed E-state index contributed by atoms with van der Waals surface area (Å²) in [5.41, 5.74) is 1.47. The summed E-state index contributed by atoms with van der Waals surface area (Å²) < 4.78 is 10.9. The third kappa shape index (κ3) is 3.65. The average molecular weight is 313 g/mol. The molecule has 1 aromatic carbocycles. The SMILES string of the molecule is COc1ccc(C(=O)N2CCOC(c3ccccc3)CC2)nn1. The van der Waals surface area contributed by atoms with Gasteiger partial charge in [0.2, 0.25) is 5.88 Å². The van der Waals surface area contributed by atoms with Crippen LogP contribution in [0.4, 0.5) is 0 Å². The molecule has 0 spiro atoms. The molecule has 0 bridgehead atoms. The number of benzene rings is 1. The van der Waals surface area contributed by atoms with Gasteiger partial charge in [-0.3, -0.25) is 4.79 Å². The van der Waals surface area contributed by atoms with Crippen LogP contribution < -0.4 is 4.74 Å². The Bertz CT molecular complexity index is 646. The van der Waals surface area contributed by atoms with E-state index in [9.17, 15) is 4.79 Å². The van der Waals surface area contributed by atoms with Crippen molar-refractivity contribution in [1.82, 2.24) is 15.1 Å². The first-order valence-corrected chi connectivity index (χ1v) is 7.61. The molecule has 0 saturated carbocycles. The fourth-order valence-electron chi connectivity index (χ4n) is 2.61. The molecule has 0 N–H and O–H groups in total. The van der Waals surface area contributed by atoms with Crippen LogP contribution in [0.3, 0.4) is 0 Å². The molecule has 1 aromatic heterocycles. The van der Waals surface area contributed by atoms with Crippen molar-refractivity contribution in [2.75, 3.05) is 26.8 Å². The minimum absolute atomic E-state index is 0.0240. The van der Waals surface area contributed by atoms with Crippen LogP contribution in [0.1, 0.15) is 28.6 Å². The molecule has 0 radical (unpaired) electrons. The van der Waals surface area contributed by atoms with E-state index in [1.807, 2.05) is 18.2 Å². The molecule has 3 rings (SSSR count). The lowest BCUT2D eigenvalue weighted by atomic mass is 10.1. The second-order valence-corrected chi connectivity index (χ2v) is 5.31. The standard InChI is InChI=1S/C17H19N3O3/c1-22-16-8-7-14(18-19-16)17(21)20-10-9-15(23-12-11-20)13-5-3-2-4-6-13/h2-8,15H,9-12H2,1H3. The molecule has 6 nitrogen and oxygen atoms in total. The summed E-state index contributed by atoms with van der Waals surface area (Å²) in [6.07, 6.45) is 0.787. The normalized spacial score (nSPS) is 18.3. The summed E-state index contributed by atoms with van der Waals surface area (Å²) in [6, 6.07) is 13.4. The molecule has 2 heterocycles. The van der Waals surface area contributed by atoms with E-state index in [1.54, 1.807) is 17.0 Å². The zero-order chi connectivity index (χ0) is 16.1. The highest BCUT2D eigenvalue weighted by atomic mass is 16.5. The number of nitrogens with zero attached hydrogens (tertiary/aromatic N) is 3. The van der Waals surface area contributed by atoms with Crippen molar-refractivity contribution in [3.63, 3.8) is 0 Å². The van der Waals surface area contributed by atoms with Crippen molar-refractivity contribution in [1.29, 1.82) is 0 Å². The van der Waals surface area contributed by atoms with Crippen LogP contribution in [0.2, 0.25) is 0 Å². The van der Waals surface area contributed by atoms with Crippen molar-refractivity contribution in [2.45, 2.75) is 12.5 Å². The molecule has 1 unspecified atom stereocenters. The number of hydrogen-bond acceptors (Lipinski definition) is 5. The lowest BCUT2D eigenvalue weighted by Crippen LogP contribution is -2.33. The van der Waals surface area contributed by atoms with Gasteiger partial charge in [-0.1, -0.05) is 30.3 Å². The van der Waals surface area contributed by atoms with E-state index in [-0.39, 0.29) is 12.0 Å². The smallest absolute Gasteiger partial charge is 0.274 e. The molecule has 1 fully saturated rings. The second-order valence-electron chi connectivity index (χ2n) is 5.31. The minimum Gasteiger partial charge on any atom is -0.480 e. The lowest BCUT2D eigenvalue weighted by Gasteiger charge is -2.19. The Morgan fingerprint density at radius 3 is 2.70 bits per heavy atom. The predicted molar refractivity (Wildman–Crippen MR) is 84.2 cm³/mol. The molecular weight excluding hydrogens is 294 g/mol. The Hall–Kier alpha value is -2.47. The quantitative estimate of drug-likeness (QED) is 0.868. The summed E-state index contributed by atoms with van der Waals surface area (Å²) in [5.74, 6) is 0.266. The molecular formula is C17H19N3O3. The van der Waals surface area contributed by atoms with E-state index in [1.165, 1.54) is 7.11 Å². The molecule has 1 atom stereocenters. The summed E-state index contributed by atoms with van der Waals surface area (Å²) in [7, 11) is 1.52. The van der Waals surface area contributed by atoms with Crippen LogP contribution in [-0.2, 0) is 4.74 Å². The molecule has 1 aliphatic heterocycles. The number of aromatic nitrogens is 2. The largest absolute Gasteiger partial charge is 0.480 e. The number of carbonyl (C=O) groups excluding carboxylic acids is 1. The van der Waals surface area contributed by atoms with Crippen LogP contribution in [0.25, 0.3) is 0 Å². The van der Waals surface area contributed by atoms with Gasteiger partial charge in [0.1, 0.15) is 0 Å². The third-order valence-corrected chi connectivity index (χ3v) is 3.87. The van der Waals surface area contributed by atoms with Gasteiger partial charge >= 0.3 is 0 Å². The highest BCUT2D eigenvalue weighted by Gasteiger charge is 2.23. The first-order chi connectivity index (χ1) is 11.3. The van der Waals surface area contributed by atoms with Crippen molar-refractivity contribution in [3.05, 3.63) is 53.7 Å². The van der Waals surface area contributed by atoms with Gasteiger partial charge in [0, 0.05) is 19.2 Å². The molecule has 1 aliphatic rings. The van der Waals surface area contributed by atoms with Crippen molar-refractivity contribution < 1.29 is 14.3 Å². The monoisotopic (exact) mass is 313 g/mol. The second kappa shape index (κ2) is 7.19. The summed E-state index contributed by atoms with van der Waals surface area (Å²) in [5, 5.41) is 7.77. The zero-order valence-electron chi connectivity index (χ0n) is 13.0. The first kappa shape index (κ1) is 15.4. The third-order valence-electron chi connectivity index (χ3n) is 3.87. The number of carbonyl (C=O) groups is 1. The lowest BCUT2D eigenvalue weighted by molar-refractivity contribution is 0.0583. The maximum absolute atomic E-state index is 12.5. The van der Waals surface area contributed by atoms with Gasteiger partial charge in [-0.15, -0.1) is 10.2 Å². The number of rotatable bonds is 3. The molecule has 0 aliphatic carbocycles. The minimum atomic E-state index is -0.127. The van der Waals surface area contributed by atoms with Crippen LogP contribution in [0, 0.1) is 0 Å². The van der Waals surface area contributed by atoms with Gasteiger partial charge in [-0.2, -0.15) is 0 Å². The van der Waals surface area contributed by atoms with Gasteiger partial charge in [0.25, 0.3) is 5.91 Å². The Labute approximate surface area is 135 Å². The molecule has 2 aromatic rings. The maximum Gasteiger partial charge on any atom is 0.274 e. The highest BCUT2D eigenvalue weighted by molar-refractivity contribution is 5.92. The Morgan fingerprint density at radius 2 is 2.00 bits per heavy atom. The predicted octanol–water partition coefficient (Wildman–Crippen LogP) is 2.09. The van der Waals surface area contributed by atoms with Crippen molar-refractivity contribution in [3.8, 4) is 5.88 Å². The van der Waals surface area contributed by atoms with Crippen molar-refractivity contribution >= 4 is 5.91 Å². The molecule has 1 saturated heterocycles. The first-order valence-electron chi connectivity index (χ1n) is 7.61. The van der Waals surface area contributed by atoms with E-state index >= 15 is 0 Å². The summed E-state index contributed by atoms with van der Waals surface area (Å²) in [6.45, 7) is 1.69. The van der Waals surface area contributed by atoms with Gasteiger partial charge in [0.05, 0.1) is 19.8 Å². The van der Waals surface area contributed by atoms with Crippen LogP contribution in [0.15, 0.2) is 42.5 Å². The fraction of sp³-hybridized carbons (Fsp3) is 0.353. The van der Waals surface area contributed by atoms with Crippen LogP contribution in [-0.4, -0.2) is 47.8 Å². The Balaban J connectivity index is 1.66.